The zero-order chi connectivity index (χ0) is 19.1. The number of hydrogen-bond acceptors (Lipinski definition) is 2. The van der Waals surface area contributed by atoms with Crippen molar-refractivity contribution in [3.63, 3.8) is 0 Å². The first-order valence-electron chi connectivity index (χ1n) is 8.61. The van der Waals surface area contributed by atoms with Crippen molar-refractivity contribution in [2.45, 2.75) is 12.8 Å². The van der Waals surface area contributed by atoms with Crippen LogP contribution in [0.1, 0.15) is 22.3 Å². The minimum atomic E-state index is -0.196. The van der Waals surface area contributed by atoms with E-state index in [9.17, 15) is 9.59 Å². The largest absolute Gasteiger partial charge is 0.326 e. The molecule has 0 unspecified atom stereocenters. The van der Waals surface area contributed by atoms with Gasteiger partial charge in [0.25, 0.3) is 5.91 Å². The van der Waals surface area contributed by atoms with Gasteiger partial charge in [0.05, 0.1) is 0 Å². The lowest BCUT2D eigenvalue weighted by atomic mass is 10.1. The Labute approximate surface area is 163 Å². The number of nitrogens with one attached hydrogen (secondary N) is 2. The van der Waals surface area contributed by atoms with Gasteiger partial charge in [-0.3, -0.25) is 9.59 Å². The minimum absolute atomic E-state index is 0.110. The molecule has 0 spiro atoms. The molecule has 0 fully saturated rings. The number of amides is 2. The van der Waals surface area contributed by atoms with E-state index in [1.54, 1.807) is 36.4 Å². The molecule has 0 aliphatic carbocycles. The van der Waals surface area contributed by atoms with Gasteiger partial charge in [-0.25, -0.2) is 0 Å². The molecular formula is C22H19ClN2O2. The molecule has 2 amide bonds. The summed E-state index contributed by atoms with van der Waals surface area (Å²) in [5, 5.41) is 6.34. The topological polar surface area (TPSA) is 58.2 Å². The molecule has 5 heteroatoms. The zero-order valence-electron chi connectivity index (χ0n) is 14.6. The SMILES string of the molecule is O=C(CCc1ccccc1Cl)Nc1cccc(NC(=O)c2ccccc2)c1. The fourth-order valence-electron chi connectivity index (χ4n) is 2.64. The summed E-state index contributed by atoms with van der Waals surface area (Å²) in [7, 11) is 0. The quantitative estimate of drug-likeness (QED) is 0.622. The first kappa shape index (κ1) is 18.7. The Morgan fingerprint density at radius 1 is 0.778 bits per heavy atom. The summed E-state index contributed by atoms with van der Waals surface area (Å²) >= 11 is 6.12. The normalized spacial score (nSPS) is 10.3. The second kappa shape index (κ2) is 9.01. The fraction of sp³-hybridized carbons (Fsp3) is 0.0909. The molecule has 3 aromatic rings. The van der Waals surface area contributed by atoms with Crippen LogP contribution in [0.3, 0.4) is 0 Å². The molecule has 0 bridgehead atoms. The number of carbonyl (C=O) groups is 2. The highest BCUT2D eigenvalue weighted by Gasteiger charge is 2.08. The van der Waals surface area contributed by atoms with Crippen LogP contribution in [0.5, 0.6) is 0 Å². The molecule has 0 aliphatic heterocycles. The van der Waals surface area contributed by atoms with Crippen molar-refractivity contribution >= 4 is 34.8 Å². The monoisotopic (exact) mass is 378 g/mol. The average Bonchev–Trinajstić information content (AvgIpc) is 2.68. The van der Waals surface area contributed by atoms with E-state index >= 15 is 0 Å². The molecule has 136 valence electrons. The van der Waals surface area contributed by atoms with E-state index in [1.165, 1.54) is 0 Å². The van der Waals surface area contributed by atoms with Crippen molar-refractivity contribution in [3.8, 4) is 0 Å². The highest BCUT2D eigenvalue weighted by Crippen LogP contribution is 2.19. The Hall–Kier alpha value is -3.11. The number of carbonyl (C=O) groups excluding carboxylic acids is 2. The van der Waals surface area contributed by atoms with Gasteiger partial charge in [0.2, 0.25) is 5.91 Å². The third kappa shape index (κ3) is 5.43. The van der Waals surface area contributed by atoms with E-state index in [1.807, 2.05) is 42.5 Å². The van der Waals surface area contributed by atoms with Crippen molar-refractivity contribution in [2.24, 2.45) is 0 Å². The highest BCUT2D eigenvalue weighted by molar-refractivity contribution is 6.31. The maximum atomic E-state index is 12.2. The predicted molar refractivity (Wildman–Crippen MR) is 109 cm³/mol. The number of hydrogen-bond donors (Lipinski definition) is 2. The van der Waals surface area contributed by atoms with Crippen LogP contribution >= 0.6 is 11.6 Å². The van der Waals surface area contributed by atoms with Gasteiger partial charge in [0.1, 0.15) is 0 Å². The summed E-state index contributed by atoms with van der Waals surface area (Å²) in [6, 6.07) is 23.5. The molecule has 0 radical (unpaired) electrons. The molecule has 0 saturated carbocycles. The Balaban J connectivity index is 1.58. The highest BCUT2D eigenvalue weighted by atomic mass is 35.5. The molecule has 27 heavy (non-hydrogen) atoms. The van der Waals surface area contributed by atoms with E-state index in [0.717, 1.165) is 5.56 Å². The maximum absolute atomic E-state index is 12.2. The molecule has 0 aromatic heterocycles. The number of aryl methyl sites for hydroxylation is 1. The van der Waals surface area contributed by atoms with Crippen LogP contribution in [0.25, 0.3) is 0 Å². The van der Waals surface area contributed by atoms with Crippen molar-refractivity contribution in [1.29, 1.82) is 0 Å². The molecule has 0 heterocycles. The van der Waals surface area contributed by atoms with Gasteiger partial charge in [-0.15, -0.1) is 0 Å². The Morgan fingerprint density at radius 2 is 1.44 bits per heavy atom. The standard InChI is InChI=1S/C22H19ClN2O2/c23-20-12-5-4-7-16(20)13-14-21(26)24-18-10-6-11-19(15-18)25-22(27)17-8-2-1-3-9-17/h1-12,15H,13-14H2,(H,24,26)(H,25,27). The Bertz CT molecular complexity index is 942. The van der Waals surface area contributed by atoms with E-state index < -0.39 is 0 Å². The predicted octanol–water partition coefficient (Wildman–Crippen LogP) is 5.16. The summed E-state index contributed by atoms with van der Waals surface area (Å²) in [5.41, 5.74) is 2.77. The smallest absolute Gasteiger partial charge is 0.255 e. The van der Waals surface area contributed by atoms with Gasteiger partial charge >= 0.3 is 0 Å². The molecule has 0 aliphatic rings. The number of rotatable bonds is 6. The van der Waals surface area contributed by atoms with Gasteiger partial charge in [-0.2, -0.15) is 0 Å². The van der Waals surface area contributed by atoms with Crippen molar-refractivity contribution < 1.29 is 9.59 Å². The summed E-state index contributed by atoms with van der Waals surface area (Å²) in [6.45, 7) is 0. The number of benzene rings is 3. The van der Waals surface area contributed by atoms with Crippen LogP contribution in [0.15, 0.2) is 78.9 Å². The van der Waals surface area contributed by atoms with Crippen LogP contribution in [0.2, 0.25) is 5.02 Å². The van der Waals surface area contributed by atoms with Crippen LogP contribution in [-0.2, 0) is 11.2 Å². The van der Waals surface area contributed by atoms with Crippen molar-refractivity contribution in [2.75, 3.05) is 10.6 Å². The van der Waals surface area contributed by atoms with E-state index in [2.05, 4.69) is 10.6 Å². The number of anilines is 2. The Morgan fingerprint density at radius 3 is 2.19 bits per heavy atom. The Kier molecular flexibility index (Phi) is 6.23. The zero-order valence-corrected chi connectivity index (χ0v) is 15.4. The third-order valence-corrected chi connectivity index (χ3v) is 4.39. The second-order valence-corrected chi connectivity index (χ2v) is 6.45. The van der Waals surface area contributed by atoms with Crippen LogP contribution < -0.4 is 10.6 Å². The molecule has 3 aromatic carbocycles. The van der Waals surface area contributed by atoms with E-state index in [0.29, 0.717) is 34.8 Å². The lowest BCUT2D eigenvalue weighted by Gasteiger charge is -2.09. The summed E-state index contributed by atoms with van der Waals surface area (Å²) in [6.07, 6.45) is 0.889. The van der Waals surface area contributed by atoms with Crippen LogP contribution in [-0.4, -0.2) is 11.8 Å². The fourth-order valence-corrected chi connectivity index (χ4v) is 2.87. The van der Waals surface area contributed by atoms with Gasteiger partial charge in [0.15, 0.2) is 0 Å². The van der Waals surface area contributed by atoms with Crippen LogP contribution in [0, 0.1) is 0 Å². The molecule has 2 N–H and O–H groups in total. The van der Waals surface area contributed by atoms with Gasteiger partial charge < -0.3 is 10.6 Å². The van der Waals surface area contributed by atoms with Crippen molar-refractivity contribution in [3.05, 3.63) is 95.0 Å². The lowest BCUT2D eigenvalue weighted by molar-refractivity contribution is -0.116. The molecule has 3 rings (SSSR count). The van der Waals surface area contributed by atoms with E-state index in [-0.39, 0.29) is 11.8 Å². The first-order valence-corrected chi connectivity index (χ1v) is 8.99. The molecule has 0 saturated heterocycles. The molecule has 0 atom stereocenters. The third-order valence-electron chi connectivity index (χ3n) is 4.02. The lowest BCUT2D eigenvalue weighted by Crippen LogP contribution is -2.14. The molecular weight excluding hydrogens is 360 g/mol. The van der Waals surface area contributed by atoms with E-state index in [4.69, 9.17) is 11.6 Å². The van der Waals surface area contributed by atoms with Gasteiger partial charge in [-0.1, -0.05) is 54.1 Å². The minimum Gasteiger partial charge on any atom is -0.326 e. The summed E-state index contributed by atoms with van der Waals surface area (Å²) in [4.78, 5) is 24.4. The van der Waals surface area contributed by atoms with Crippen molar-refractivity contribution in [1.82, 2.24) is 0 Å². The van der Waals surface area contributed by atoms with Gasteiger partial charge in [0, 0.05) is 28.4 Å². The maximum Gasteiger partial charge on any atom is 0.255 e. The molecule has 4 nitrogen and oxygen atoms in total. The number of halogens is 1. The second-order valence-electron chi connectivity index (χ2n) is 6.04. The summed E-state index contributed by atoms with van der Waals surface area (Å²) < 4.78 is 0. The van der Waals surface area contributed by atoms with Crippen LogP contribution in [0.4, 0.5) is 11.4 Å². The first-order chi connectivity index (χ1) is 13.1. The summed E-state index contributed by atoms with van der Waals surface area (Å²) in [5.74, 6) is -0.306. The van der Waals surface area contributed by atoms with Gasteiger partial charge in [-0.05, 0) is 48.4 Å². The average molecular weight is 379 g/mol.